The maximum atomic E-state index is 10.5. The quantitative estimate of drug-likeness (QED) is 0.702. The third-order valence-electron chi connectivity index (χ3n) is 2.69. The summed E-state index contributed by atoms with van der Waals surface area (Å²) in [5, 5.41) is 6.26. The van der Waals surface area contributed by atoms with Crippen molar-refractivity contribution in [3.8, 4) is 0 Å². The van der Waals surface area contributed by atoms with Crippen molar-refractivity contribution in [1.29, 1.82) is 0 Å². The fraction of sp³-hybridized carbons (Fsp3) is 0.400. The lowest BCUT2D eigenvalue weighted by Crippen LogP contribution is -2.12. The van der Waals surface area contributed by atoms with Gasteiger partial charge in [-0.2, -0.15) is 0 Å². The van der Waals surface area contributed by atoms with Crippen molar-refractivity contribution in [3.63, 3.8) is 0 Å². The zero-order valence-corrected chi connectivity index (χ0v) is 7.58. The van der Waals surface area contributed by atoms with Crippen LogP contribution < -0.4 is 5.32 Å². The monoisotopic (exact) mass is 176 g/mol. The Hall–Kier alpha value is -1.22. The molecule has 2 rings (SSSR count). The van der Waals surface area contributed by atoms with E-state index in [0.717, 1.165) is 18.4 Å². The predicted molar refractivity (Wildman–Crippen MR) is 52.0 cm³/mol. The van der Waals surface area contributed by atoms with Crippen LogP contribution >= 0.6 is 0 Å². The van der Waals surface area contributed by atoms with E-state index < -0.39 is 0 Å². The number of nitrogens with one attached hydrogen (secondary N) is 1. The van der Waals surface area contributed by atoms with Crippen LogP contribution in [0.25, 0.3) is 0 Å². The van der Waals surface area contributed by atoms with E-state index in [1.54, 1.807) is 6.07 Å². The lowest BCUT2D eigenvalue weighted by molar-refractivity contribution is 0.590. The fourth-order valence-corrected chi connectivity index (χ4v) is 2.02. The van der Waals surface area contributed by atoms with Crippen molar-refractivity contribution in [2.45, 2.75) is 18.9 Å². The van der Waals surface area contributed by atoms with Gasteiger partial charge in [0.2, 0.25) is 0 Å². The number of nitroso groups, excluding NO2 is 1. The van der Waals surface area contributed by atoms with Crippen LogP contribution in [0.15, 0.2) is 23.4 Å². The summed E-state index contributed by atoms with van der Waals surface area (Å²) < 4.78 is 0. The molecule has 0 fully saturated rings. The van der Waals surface area contributed by atoms with E-state index in [-0.39, 0.29) is 0 Å². The summed E-state index contributed by atoms with van der Waals surface area (Å²) in [6.07, 6.45) is 2.03. The molecular formula is C10H12N2O. The van der Waals surface area contributed by atoms with Crippen molar-refractivity contribution in [2.24, 2.45) is 5.18 Å². The van der Waals surface area contributed by atoms with Crippen molar-refractivity contribution < 1.29 is 0 Å². The first-order valence-corrected chi connectivity index (χ1v) is 4.49. The van der Waals surface area contributed by atoms with Gasteiger partial charge in [-0.25, -0.2) is 0 Å². The van der Waals surface area contributed by atoms with Gasteiger partial charge in [0, 0.05) is 6.04 Å². The summed E-state index contributed by atoms with van der Waals surface area (Å²) in [5.41, 5.74) is 2.96. The van der Waals surface area contributed by atoms with E-state index in [9.17, 15) is 4.91 Å². The van der Waals surface area contributed by atoms with Crippen LogP contribution in [0.4, 0.5) is 5.69 Å². The van der Waals surface area contributed by atoms with Crippen LogP contribution in [-0.2, 0) is 6.42 Å². The summed E-state index contributed by atoms with van der Waals surface area (Å²) in [6.45, 7) is 0. The summed E-state index contributed by atoms with van der Waals surface area (Å²) in [5.74, 6) is 0. The molecule has 0 spiro atoms. The third kappa shape index (κ3) is 1.25. The van der Waals surface area contributed by atoms with E-state index >= 15 is 0 Å². The highest BCUT2D eigenvalue weighted by molar-refractivity contribution is 5.53. The Kier molecular flexibility index (Phi) is 2.10. The molecule has 0 bridgehead atoms. The van der Waals surface area contributed by atoms with E-state index in [4.69, 9.17) is 0 Å². The van der Waals surface area contributed by atoms with Gasteiger partial charge in [-0.1, -0.05) is 12.1 Å². The molecule has 0 amide bonds. The van der Waals surface area contributed by atoms with Gasteiger partial charge in [0.05, 0.1) is 0 Å². The second-order valence-electron chi connectivity index (χ2n) is 3.32. The number of rotatable bonds is 2. The molecule has 1 aliphatic rings. The summed E-state index contributed by atoms with van der Waals surface area (Å²) in [4.78, 5) is 10.5. The topological polar surface area (TPSA) is 41.5 Å². The number of fused-ring (bicyclic) bond motifs is 1. The Morgan fingerprint density at radius 1 is 1.54 bits per heavy atom. The number of hydrogen-bond acceptors (Lipinski definition) is 3. The van der Waals surface area contributed by atoms with E-state index in [2.05, 4.69) is 16.6 Å². The predicted octanol–water partition coefficient (Wildman–Crippen LogP) is 2.29. The smallest absolute Gasteiger partial charge is 0.111 e. The first-order valence-electron chi connectivity index (χ1n) is 4.49. The molecule has 1 aromatic rings. The van der Waals surface area contributed by atoms with Gasteiger partial charge < -0.3 is 5.32 Å². The molecule has 0 saturated heterocycles. The number of benzene rings is 1. The van der Waals surface area contributed by atoms with Gasteiger partial charge in [0.25, 0.3) is 0 Å². The fourth-order valence-electron chi connectivity index (χ4n) is 2.02. The molecule has 0 saturated carbocycles. The van der Waals surface area contributed by atoms with Crippen molar-refractivity contribution >= 4 is 5.69 Å². The molecule has 0 aromatic heterocycles. The molecule has 13 heavy (non-hydrogen) atoms. The second-order valence-corrected chi connectivity index (χ2v) is 3.32. The van der Waals surface area contributed by atoms with Gasteiger partial charge in [-0.3, -0.25) is 0 Å². The molecule has 3 heteroatoms. The Morgan fingerprint density at radius 2 is 2.38 bits per heavy atom. The van der Waals surface area contributed by atoms with Gasteiger partial charge in [-0.05, 0) is 42.3 Å². The highest BCUT2D eigenvalue weighted by atomic mass is 16.3. The SMILES string of the molecule is CNC1CCc2c(N=O)cccc21. The minimum atomic E-state index is 0.400. The average molecular weight is 176 g/mol. The number of hydrogen-bond donors (Lipinski definition) is 1. The van der Waals surface area contributed by atoms with Crippen LogP contribution in [-0.4, -0.2) is 7.05 Å². The maximum Gasteiger partial charge on any atom is 0.111 e. The Morgan fingerprint density at radius 3 is 3.08 bits per heavy atom. The highest BCUT2D eigenvalue weighted by Gasteiger charge is 2.23. The standard InChI is InChI=1S/C10H12N2O/c1-11-9-6-5-8-7(9)3-2-4-10(8)12-13/h2-4,9,11H,5-6H2,1H3. The molecular weight excluding hydrogens is 164 g/mol. The molecule has 0 aliphatic heterocycles. The lowest BCUT2D eigenvalue weighted by atomic mass is 10.1. The molecule has 1 N–H and O–H groups in total. The Balaban J connectivity index is 2.48. The Labute approximate surface area is 77.1 Å². The largest absolute Gasteiger partial charge is 0.313 e. The van der Waals surface area contributed by atoms with Gasteiger partial charge in [0.15, 0.2) is 0 Å². The maximum absolute atomic E-state index is 10.5. The first kappa shape index (κ1) is 8.38. The van der Waals surface area contributed by atoms with E-state index in [0.29, 0.717) is 11.7 Å². The summed E-state index contributed by atoms with van der Waals surface area (Å²) in [7, 11) is 1.95. The van der Waals surface area contributed by atoms with Crippen molar-refractivity contribution in [1.82, 2.24) is 5.32 Å². The molecule has 0 heterocycles. The highest BCUT2D eigenvalue weighted by Crippen LogP contribution is 2.36. The van der Waals surface area contributed by atoms with E-state index in [1.807, 2.05) is 13.1 Å². The van der Waals surface area contributed by atoms with Crippen LogP contribution in [0, 0.1) is 4.91 Å². The normalized spacial score (nSPS) is 19.9. The molecule has 1 aliphatic carbocycles. The van der Waals surface area contributed by atoms with Gasteiger partial charge in [0.1, 0.15) is 5.69 Å². The van der Waals surface area contributed by atoms with Crippen molar-refractivity contribution in [2.75, 3.05) is 7.05 Å². The average Bonchev–Trinajstić information content (AvgIpc) is 2.60. The number of nitrogens with zero attached hydrogens (tertiary/aromatic N) is 1. The zero-order valence-electron chi connectivity index (χ0n) is 7.58. The lowest BCUT2D eigenvalue weighted by Gasteiger charge is -2.09. The molecule has 68 valence electrons. The zero-order chi connectivity index (χ0) is 9.26. The second kappa shape index (κ2) is 3.26. The molecule has 0 radical (unpaired) electrons. The van der Waals surface area contributed by atoms with Crippen LogP contribution in [0.1, 0.15) is 23.6 Å². The van der Waals surface area contributed by atoms with Crippen LogP contribution in [0.2, 0.25) is 0 Å². The molecule has 3 nitrogen and oxygen atoms in total. The van der Waals surface area contributed by atoms with Crippen molar-refractivity contribution in [3.05, 3.63) is 34.2 Å². The van der Waals surface area contributed by atoms with E-state index in [1.165, 1.54) is 5.56 Å². The summed E-state index contributed by atoms with van der Waals surface area (Å²) in [6, 6.07) is 6.14. The van der Waals surface area contributed by atoms with Crippen LogP contribution in [0.5, 0.6) is 0 Å². The van der Waals surface area contributed by atoms with Crippen LogP contribution in [0.3, 0.4) is 0 Å². The van der Waals surface area contributed by atoms with Gasteiger partial charge in [-0.15, -0.1) is 4.91 Å². The Bertz CT molecular complexity index is 336. The molecule has 1 atom stereocenters. The van der Waals surface area contributed by atoms with Gasteiger partial charge >= 0.3 is 0 Å². The minimum absolute atomic E-state index is 0.400. The molecule has 1 aromatic carbocycles. The minimum Gasteiger partial charge on any atom is -0.313 e. The summed E-state index contributed by atoms with van der Waals surface area (Å²) >= 11 is 0. The third-order valence-corrected chi connectivity index (χ3v) is 2.69. The first-order chi connectivity index (χ1) is 6.36. The molecule has 1 unspecified atom stereocenters.